The van der Waals surface area contributed by atoms with E-state index in [4.69, 9.17) is 10.5 Å². The number of hydrogen-bond donors (Lipinski definition) is 1. The van der Waals surface area contributed by atoms with E-state index in [0.29, 0.717) is 5.75 Å². The van der Waals surface area contributed by atoms with Crippen LogP contribution >= 0.6 is 0 Å². The molecule has 1 fully saturated rings. The fraction of sp³-hybridized carbons (Fsp3) is 0.462. The average molecular weight is 298 g/mol. The second-order valence-electron chi connectivity index (χ2n) is 4.68. The standard InChI is InChI=1S/C13H18N2O4S/c1-2-20(17,18)15-9-11(8-12(15)13(14)16)19-10-6-4-3-5-7-10/h3-7,11-12H,2,8-9H2,1H3,(H2,14,16)/t11-,12-/m0/s1. The van der Waals surface area contributed by atoms with Crippen LogP contribution in [0, 0.1) is 0 Å². The van der Waals surface area contributed by atoms with Crippen molar-refractivity contribution in [2.24, 2.45) is 5.73 Å². The minimum atomic E-state index is -3.46. The van der Waals surface area contributed by atoms with Gasteiger partial charge in [-0.3, -0.25) is 4.79 Å². The number of primary amides is 1. The number of carbonyl (C=O) groups excluding carboxylic acids is 1. The molecule has 0 bridgehead atoms. The Morgan fingerprint density at radius 2 is 2.05 bits per heavy atom. The van der Waals surface area contributed by atoms with Gasteiger partial charge in [0.05, 0.1) is 12.3 Å². The molecule has 1 amide bonds. The molecule has 2 N–H and O–H groups in total. The lowest BCUT2D eigenvalue weighted by Crippen LogP contribution is -2.44. The van der Waals surface area contributed by atoms with Crippen molar-refractivity contribution in [3.05, 3.63) is 30.3 Å². The predicted octanol–water partition coefficient (Wildman–Crippen LogP) is 0.343. The van der Waals surface area contributed by atoms with Gasteiger partial charge in [0.2, 0.25) is 15.9 Å². The van der Waals surface area contributed by atoms with E-state index in [-0.39, 0.29) is 24.8 Å². The number of ether oxygens (including phenoxy) is 1. The summed E-state index contributed by atoms with van der Waals surface area (Å²) >= 11 is 0. The highest BCUT2D eigenvalue weighted by Crippen LogP contribution is 2.25. The van der Waals surface area contributed by atoms with Gasteiger partial charge in [-0.05, 0) is 19.1 Å². The molecule has 7 heteroatoms. The van der Waals surface area contributed by atoms with Gasteiger partial charge in [-0.2, -0.15) is 4.31 Å². The van der Waals surface area contributed by atoms with Gasteiger partial charge in [-0.1, -0.05) is 18.2 Å². The minimum Gasteiger partial charge on any atom is -0.489 e. The van der Waals surface area contributed by atoms with E-state index in [9.17, 15) is 13.2 Å². The molecular weight excluding hydrogens is 280 g/mol. The molecule has 1 aromatic carbocycles. The topological polar surface area (TPSA) is 89.7 Å². The van der Waals surface area contributed by atoms with Crippen LogP contribution in [0.4, 0.5) is 0 Å². The molecule has 1 aliphatic rings. The van der Waals surface area contributed by atoms with E-state index in [0.717, 1.165) is 4.31 Å². The molecule has 0 aliphatic carbocycles. The highest BCUT2D eigenvalue weighted by atomic mass is 32.2. The first-order valence-electron chi connectivity index (χ1n) is 6.44. The maximum atomic E-state index is 12.0. The Labute approximate surface area is 118 Å². The Morgan fingerprint density at radius 3 is 2.60 bits per heavy atom. The van der Waals surface area contributed by atoms with Crippen molar-refractivity contribution < 1.29 is 17.9 Å². The molecule has 2 atom stereocenters. The van der Waals surface area contributed by atoms with E-state index < -0.39 is 22.0 Å². The minimum absolute atomic E-state index is 0.0607. The summed E-state index contributed by atoms with van der Waals surface area (Å²) in [5.74, 6) is -0.0490. The zero-order chi connectivity index (χ0) is 14.8. The molecule has 0 saturated carbocycles. The smallest absolute Gasteiger partial charge is 0.236 e. The number of benzene rings is 1. The maximum Gasteiger partial charge on any atom is 0.236 e. The van der Waals surface area contributed by atoms with Gasteiger partial charge in [-0.15, -0.1) is 0 Å². The Bertz CT molecular complexity index is 573. The van der Waals surface area contributed by atoms with Crippen LogP contribution in [0.25, 0.3) is 0 Å². The van der Waals surface area contributed by atoms with Gasteiger partial charge in [0.25, 0.3) is 0 Å². The van der Waals surface area contributed by atoms with Crippen LogP contribution in [-0.4, -0.2) is 43.1 Å². The molecule has 1 aromatic rings. The van der Waals surface area contributed by atoms with Crippen LogP contribution in [-0.2, 0) is 14.8 Å². The van der Waals surface area contributed by atoms with Crippen LogP contribution in [0.3, 0.4) is 0 Å². The highest BCUT2D eigenvalue weighted by Gasteiger charge is 2.42. The van der Waals surface area contributed by atoms with Crippen LogP contribution in [0.5, 0.6) is 5.75 Å². The van der Waals surface area contributed by atoms with Crippen molar-refractivity contribution in [1.82, 2.24) is 4.31 Å². The summed E-state index contributed by atoms with van der Waals surface area (Å²) in [6.45, 7) is 1.69. The van der Waals surface area contributed by atoms with Gasteiger partial charge in [0.15, 0.2) is 0 Å². The lowest BCUT2D eigenvalue weighted by atomic mass is 10.2. The molecule has 6 nitrogen and oxygen atoms in total. The fourth-order valence-electron chi connectivity index (χ4n) is 2.28. The Kier molecular flexibility index (Phi) is 4.29. The summed E-state index contributed by atoms with van der Waals surface area (Å²) in [7, 11) is -3.46. The first-order chi connectivity index (χ1) is 9.44. The quantitative estimate of drug-likeness (QED) is 0.849. The summed E-state index contributed by atoms with van der Waals surface area (Å²) in [5, 5.41) is 0. The number of sulfonamides is 1. The third kappa shape index (κ3) is 3.10. The number of nitrogens with two attached hydrogens (primary N) is 1. The highest BCUT2D eigenvalue weighted by molar-refractivity contribution is 7.89. The summed E-state index contributed by atoms with van der Waals surface area (Å²) < 4.78 is 30.8. The molecule has 1 saturated heterocycles. The van der Waals surface area contributed by atoms with Crippen molar-refractivity contribution in [2.75, 3.05) is 12.3 Å². The SMILES string of the molecule is CCS(=O)(=O)N1C[C@@H](Oc2ccccc2)C[C@H]1C(N)=O. The fourth-order valence-corrected chi connectivity index (χ4v) is 3.58. The molecule has 0 unspecified atom stereocenters. The molecule has 2 rings (SSSR count). The molecule has 0 radical (unpaired) electrons. The molecular formula is C13H18N2O4S. The third-order valence-corrected chi connectivity index (χ3v) is 5.16. The Morgan fingerprint density at radius 1 is 1.40 bits per heavy atom. The zero-order valence-corrected chi connectivity index (χ0v) is 12.0. The van der Waals surface area contributed by atoms with Crippen molar-refractivity contribution >= 4 is 15.9 Å². The largest absolute Gasteiger partial charge is 0.489 e. The van der Waals surface area contributed by atoms with E-state index in [1.54, 1.807) is 19.1 Å². The van der Waals surface area contributed by atoms with Gasteiger partial charge in [0.1, 0.15) is 17.9 Å². The van der Waals surface area contributed by atoms with Crippen LogP contribution in [0.1, 0.15) is 13.3 Å². The molecule has 1 aliphatic heterocycles. The summed E-state index contributed by atoms with van der Waals surface area (Å²) in [6.07, 6.45) is -0.0834. The van der Waals surface area contributed by atoms with Crippen molar-refractivity contribution in [3.8, 4) is 5.75 Å². The van der Waals surface area contributed by atoms with Crippen molar-refractivity contribution in [2.45, 2.75) is 25.5 Å². The van der Waals surface area contributed by atoms with Crippen molar-refractivity contribution in [1.29, 1.82) is 0 Å². The van der Waals surface area contributed by atoms with E-state index >= 15 is 0 Å². The number of rotatable bonds is 5. The van der Waals surface area contributed by atoms with Gasteiger partial charge < -0.3 is 10.5 Å². The number of amides is 1. The van der Waals surface area contributed by atoms with Crippen LogP contribution in [0.15, 0.2) is 30.3 Å². The van der Waals surface area contributed by atoms with Gasteiger partial charge in [0, 0.05) is 6.42 Å². The third-order valence-electron chi connectivity index (χ3n) is 3.31. The van der Waals surface area contributed by atoms with Crippen molar-refractivity contribution in [3.63, 3.8) is 0 Å². The lowest BCUT2D eigenvalue weighted by Gasteiger charge is -2.20. The normalized spacial score (nSPS) is 23.6. The van der Waals surface area contributed by atoms with E-state index in [2.05, 4.69) is 0 Å². The average Bonchev–Trinajstić information content (AvgIpc) is 2.85. The first kappa shape index (κ1) is 14.8. The van der Waals surface area contributed by atoms with E-state index in [1.807, 2.05) is 18.2 Å². The summed E-state index contributed by atoms with van der Waals surface area (Å²) in [6, 6.07) is 8.27. The number of nitrogens with zero attached hydrogens (tertiary/aromatic N) is 1. The monoisotopic (exact) mass is 298 g/mol. The molecule has 0 spiro atoms. The van der Waals surface area contributed by atoms with Gasteiger partial charge >= 0.3 is 0 Å². The summed E-state index contributed by atoms with van der Waals surface area (Å²) in [5.41, 5.74) is 5.29. The van der Waals surface area contributed by atoms with Crippen LogP contribution in [0.2, 0.25) is 0 Å². The number of para-hydroxylation sites is 1. The zero-order valence-electron chi connectivity index (χ0n) is 11.2. The Balaban J connectivity index is 2.14. The second kappa shape index (κ2) is 5.80. The first-order valence-corrected chi connectivity index (χ1v) is 8.05. The van der Waals surface area contributed by atoms with Gasteiger partial charge in [-0.25, -0.2) is 8.42 Å². The Hall–Kier alpha value is -1.60. The molecule has 20 heavy (non-hydrogen) atoms. The predicted molar refractivity (Wildman–Crippen MR) is 74.6 cm³/mol. The lowest BCUT2D eigenvalue weighted by molar-refractivity contribution is -0.121. The molecule has 110 valence electrons. The van der Waals surface area contributed by atoms with E-state index in [1.165, 1.54) is 0 Å². The molecule has 0 aromatic heterocycles. The second-order valence-corrected chi connectivity index (χ2v) is 6.89. The summed E-state index contributed by atoms with van der Waals surface area (Å²) in [4.78, 5) is 11.4. The van der Waals surface area contributed by atoms with Crippen LogP contribution < -0.4 is 10.5 Å². The maximum absolute atomic E-state index is 12.0. The number of hydrogen-bond acceptors (Lipinski definition) is 4. The molecule has 1 heterocycles. The number of carbonyl (C=O) groups is 1.